The highest BCUT2D eigenvalue weighted by molar-refractivity contribution is 7.86. The van der Waals surface area contributed by atoms with Crippen molar-refractivity contribution < 1.29 is 44.6 Å². The van der Waals surface area contributed by atoms with Gasteiger partial charge in [-0.3, -0.25) is 0 Å². The largest absolute Gasteiger partial charge is 0.741 e. The van der Waals surface area contributed by atoms with Gasteiger partial charge in [0.25, 0.3) is 5.82 Å². The van der Waals surface area contributed by atoms with Crippen LogP contribution in [-0.2, 0) is 23.2 Å². The van der Waals surface area contributed by atoms with Gasteiger partial charge in [-0.1, -0.05) is 48.5 Å². The quantitative estimate of drug-likeness (QED) is 0.278. The third-order valence-electron chi connectivity index (χ3n) is 4.08. The van der Waals surface area contributed by atoms with E-state index < -0.39 is 27.8 Å². The molecule has 0 bridgehead atoms. The molecule has 12 heteroatoms. The van der Waals surface area contributed by atoms with E-state index in [0.29, 0.717) is 11.4 Å². The normalized spacial score (nSPS) is 13.3. The first-order chi connectivity index (χ1) is 14.3. The molecule has 0 spiro atoms. The summed E-state index contributed by atoms with van der Waals surface area (Å²) in [5.41, 5.74) is -4.82. The van der Waals surface area contributed by atoms with Crippen LogP contribution in [0.2, 0.25) is 0 Å². The molecule has 0 aliphatic heterocycles. The van der Waals surface area contributed by atoms with Crippen molar-refractivity contribution >= 4 is 10.1 Å². The van der Waals surface area contributed by atoms with E-state index in [-0.39, 0.29) is 5.56 Å². The predicted octanol–water partition coefficient (Wildman–Crippen LogP) is 3.31. The standard InChI is InChI=1S/C18H17F2N2O.CHF3O3S/c1-21-12-13-22(17(21)15-10-6-3-7-11-15)18(19,20)16(23)14-8-4-2-5-9-14;2-1(3,4)8(5,6)7/h2-13,16,23H,1H3;(H,5,6,7)/q+1;/p-1. The van der Waals surface area contributed by atoms with E-state index in [1.54, 1.807) is 60.3 Å². The number of rotatable bonds is 4. The number of aromatic nitrogens is 2. The van der Waals surface area contributed by atoms with Crippen LogP contribution in [0, 0.1) is 0 Å². The first-order valence-electron chi connectivity index (χ1n) is 8.52. The zero-order valence-corrected chi connectivity index (χ0v) is 16.7. The molecule has 1 N–H and O–H groups in total. The Morgan fingerprint density at radius 3 is 1.87 bits per heavy atom. The van der Waals surface area contributed by atoms with Crippen molar-refractivity contribution in [1.29, 1.82) is 0 Å². The van der Waals surface area contributed by atoms with Crippen LogP contribution >= 0.6 is 0 Å². The maximum Gasteiger partial charge on any atom is 0.485 e. The summed E-state index contributed by atoms with van der Waals surface area (Å²) in [5, 5.41) is 10.2. The molecule has 0 saturated heterocycles. The SMILES string of the molecule is C[n+]1ccn(C(F)(F)C(O)c2ccccc2)c1-c1ccccc1.O=S(=O)([O-])C(F)(F)F. The first kappa shape index (κ1) is 24.4. The Kier molecular flexibility index (Phi) is 7.19. The molecule has 0 aliphatic rings. The van der Waals surface area contributed by atoms with E-state index in [4.69, 9.17) is 13.0 Å². The molecule has 0 radical (unpaired) electrons. The number of benzene rings is 2. The Morgan fingerprint density at radius 2 is 1.42 bits per heavy atom. The number of alkyl halides is 5. The zero-order chi connectivity index (χ0) is 23.4. The lowest BCUT2D eigenvalue weighted by atomic mass is 10.1. The molecule has 1 unspecified atom stereocenters. The molecule has 31 heavy (non-hydrogen) atoms. The van der Waals surface area contributed by atoms with E-state index in [1.807, 2.05) is 6.07 Å². The van der Waals surface area contributed by atoms with Crippen LogP contribution < -0.4 is 4.57 Å². The summed E-state index contributed by atoms with van der Waals surface area (Å²) in [6.45, 7) is 0. The van der Waals surface area contributed by atoms with Gasteiger partial charge in [0.15, 0.2) is 16.2 Å². The topological polar surface area (TPSA) is 86.2 Å². The van der Waals surface area contributed by atoms with Gasteiger partial charge in [0.05, 0.1) is 12.6 Å². The summed E-state index contributed by atoms with van der Waals surface area (Å²) in [7, 11) is -4.39. The average molecular weight is 464 g/mol. The molecule has 0 amide bonds. The molecule has 3 rings (SSSR count). The van der Waals surface area contributed by atoms with Crippen molar-refractivity contribution in [3.05, 3.63) is 78.6 Å². The van der Waals surface area contributed by atoms with Gasteiger partial charge in [0, 0.05) is 0 Å². The van der Waals surface area contributed by atoms with Gasteiger partial charge in [0.2, 0.25) is 0 Å². The summed E-state index contributed by atoms with van der Waals surface area (Å²) in [4.78, 5) is 0. The molecule has 0 fully saturated rings. The van der Waals surface area contributed by atoms with E-state index in [9.17, 15) is 27.1 Å². The Balaban J connectivity index is 0.000000366. The van der Waals surface area contributed by atoms with Crippen molar-refractivity contribution in [3.63, 3.8) is 0 Å². The van der Waals surface area contributed by atoms with Crippen molar-refractivity contribution in [2.75, 3.05) is 0 Å². The third kappa shape index (κ3) is 5.66. The Bertz CT molecular complexity index is 1100. The molecule has 1 atom stereocenters. The summed E-state index contributed by atoms with van der Waals surface area (Å²) in [5.74, 6) is 0.325. The van der Waals surface area contributed by atoms with Crippen LogP contribution in [0.5, 0.6) is 0 Å². The molecule has 1 heterocycles. The fourth-order valence-corrected chi connectivity index (χ4v) is 2.62. The van der Waals surface area contributed by atoms with Crippen LogP contribution in [0.15, 0.2) is 73.1 Å². The van der Waals surface area contributed by atoms with Gasteiger partial charge < -0.3 is 9.66 Å². The first-order valence-corrected chi connectivity index (χ1v) is 9.93. The van der Waals surface area contributed by atoms with Crippen LogP contribution in [0.25, 0.3) is 11.4 Å². The van der Waals surface area contributed by atoms with Crippen molar-refractivity contribution in [2.45, 2.75) is 17.7 Å². The number of hydrogen-bond acceptors (Lipinski definition) is 4. The lowest BCUT2D eigenvalue weighted by Gasteiger charge is -2.20. The molecule has 2 aromatic carbocycles. The summed E-state index contributed by atoms with van der Waals surface area (Å²) in [6, 6.07) is 13.4. The van der Waals surface area contributed by atoms with E-state index >= 15 is 0 Å². The second-order valence-electron chi connectivity index (χ2n) is 6.27. The fourth-order valence-electron chi connectivity index (χ4n) is 2.62. The van der Waals surface area contributed by atoms with Crippen molar-refractivity contribution in [2.24, 2.45) is 7.05 Å². The molecule has 0 aliphatic carbocycles. The van der Waals surface area contributed by atoms with Gasteiger partial charge in [-0.15, -0.1) is 0 Å². The minimum absolute atomic E-state index is 0.174. The monoisotopic (exact) mass is 464 g/mol. The number of imidazole rings is 1. The van der Waals surface area contributed by atoms with Crippen molar-refractivity contribution in [3.8, 4) is 11.4 Å². The number of aliphatic hydroxyl groups excluding tert-OH is 1. The Hall–Kier alpha value is -2.83. The van der Waals surface area contributed by atoms with Crippen molar-refractivity contribution in [1.82, 2.24) is 4.57 Å². The molecule has 3 aromatic rings. The number of halogens is 5. The Morgan fingerprint density at radius 1 is 0.968 bits per heavy atom. The smallest absolute Gasteiger partial charge is 0.485 e. The maximum atomic E-state index is 14.9. The highest BCUT2D eigenvalue weighted by Crippen LogP contribution is 2.38. The Labute approximate surface area is 174 Å². The second-order valence-corrected chi connectivity index (χ2v) is 7.64. The van der Waals surface area contributed by atoms with E-state index in [1.165, 1.54) is 18.3 Å². The summed E-state index contributed by atoms with van der Waals surface area (Å²) >= 11 is 0. The summed E-state index contributed by atoms with van der Waals surface area (Å²) in [6.07, 6.45) is 0.904. The van der Waals surface area contributed by atoms with Crippen LogP contribution in [0.3, 0.4) is 0 Å². The van der Waals surface area contributed by atoms with Crippen LogP contribution in [0.1, 0.15) is 11.7 Å². The number of aryl methyl sites for hydroxylation is 1. The number of hydrogen-bond donors (Lipinski definition) is 1. The molecule has 0 saturated carbocycles. The summed E-state index contributed by atoms with van der Waals surface area (Å²) < 4.78 is 91.1. The minimum atomic E-state index is -6.09. The number of aliphatic hydroxyl groups is 1. The molecule has 1 aromatic heterocycles. The molecular formula is C19H17F5N2O4S. The van der Waals surface area contributed by atoms with E-state index in [0.717, 1.165) is 4.57 Å². The zero-order valence-electron chi connectivity index (χ0n) is 15.9. The van der Waals surface area contributed by atoms with Gasteiger partial charge >= 0.3 is 11.6 Å². The van der Waals surface area contributed by atoms with Gasteiger partial charge in [0.1, 0.15) is 12.4 Å². The molecule has 168 valence electrons. The second kappa shape index (κ2) is 9.12. The third-order valence-corrected chi connectivity index (χ3v) is 4.65. The highest BCUT2D eigenvalue weighted by Gasteiger charge is 2.48. The highest BCUT2D eigenvalue weighted by atomic mass is 32.2. The van der Waals surface area contributed by atoms with Gasteiger partial charge in [-0.2, -0.15) is 26.5 Å². The van der Waals surface area contributed by atoms with Gasteiger partial charge in [-0.25, -0.2) is 13.0 Å². The average Bonchev–Trinajstić information content (AvgIpc) is 3.10. The van der Waals surface area contributed by atoms with Crippen LogP contribution in [0.4, 0.5) is 22.0 Å². The lowest BCUT2D eigenvalue weighted by Crippen LogP contribution is -2.36. The molecular weight excluding hydrogens is 447 g/mol. The van der Waals surface area contributed by atoms with Gasteiger partial charge in [-0.05, 0) is 17.7 Å². The minimum Gasteiger partial charge on any atom is -0.741 e. The van der Waals surface area contributed by atoms with Crippen LogP contribution in [-0.4, -0.2) is 28.2 Å². The maximum absolute atomic E-state index is 14.9. The lowest BCUT2D eigenvalue weighted by molar-refractivity contribution is -0.660. The number of nitrogens with zero attached hydrogens (tertiary/aromatic N) is 2. The van der Waals surface area contributed by atoms with E-state index in [2.05, 4.69) is 0 Å². The fraction of sp³-hybridized carbons (Fsp3) is 0.211. The molecule has 6 nitrogen and oxygen atoms in total. The predicted molar refractivity (Wildman–Crippen MR) is 98.4 cm³/mol.